The van der Waals surface area contributed by atoms with Gasteiger partial charge < -0.3 is 25.5 Å². The van der Waals surface area contributed by atoms with Gasteiger partial charge in [0.25, 0.3) is 0 Å². The van der Waals surface area contributed by atoms with Crippen LogP contribution >= 0.6 is 0 Å². The molecule has 2 amide bonds. The molecule has 3 atom stereocenters. The number of nitrogens with one attached hydrogen (secondary N) is 3. The summed E-state index contributed by atoms with van der Waals surface area (Å²) in [6.45, 7) is 0.391. The second-order valence-corrected chi connectivity index (χ2v) is 8.99. The molecule has 0 radical (unpaired) electrons. The van der Waals surface area contributed by atoms with Crippen molar-refractivity contribution in [1.29, 1.82) is 0 Å². The van der Waals surface area contributed by atoms with E-state index in [1.165, 1.54) is 6.33 Å². The van der Waals surface area contributed by atoms with Crippen LogP contribution < -0.4 is 10.6 Å². The van der Waals surface area contributed by atoms with Gasteiger partial charge in [0.1, 0.15) is 12.6 Å². The van der Waals surface area contributed by atoms with E-state index in [-0.39, 0.29) is 31.4 Å². The maximum atomic E-state index is 12.8. The minimum Gasteiger partial charge on any atom is -0.481 e. The van der Waals surface area contributed by atoms with Crippen molar-refractivity contribution in [3.63, 3.8) is 0 Å². The highest BCUT2D eigenvalue weighted by molar-refractivity contribution is 5.86. The number of H-pyrrole nitrogens is 1. The lowest BCUT2D eigenvalue weighted by molar-refractivity contribution is -0.139. The van der Waals surface area contributed by atoms with Gasteiger partial charge >= 0.3 is 12.1 Å². The van der Waals surface area contributed by atoms with Crippen LogP contribution in [0.1, 0.15) is 29.2 Å². The molecule has 5 rings (SSSR count). The number of benzene rings is 2. The normalized spacial score (nSPS) is 18.7. The Kier molecular flexibility index (Phi) is 6.22. The standard InChI is InChI=1S/C26H26N4O5/c31-24(28-11-15-9-21(15)25(32)33)23(10-16-12-27-14-29-16)30-26(34)35-13-22-19-7-3-1-5-17(19)18-6-2-4-8-20(18)22/h1-8,12,14-15,21-23H,9-11,13H2,(H,27,29)(H,28,31)(H,30,34)(H,32,33). The number of rotatable bonds is 9. The number of hydrogen-bond donors (Lipinski definition) is 4. The van der Waals surface area contributed by atoms with Crippen LogP contribution in [0.25, 0.3) is 11.1 Å². The highest BCUT2D eigenvalue weighted by atomic mass is 16.5. The largest absolute Gasteiger partial charge is 0.481 e. The van der Waals surface area contributed by atoms with Gasteiger partial charge in [0, 0.05) is 30.8 Å². The summed E-state index contributed by atoms with van der Waals surface area (Å²) in [4.78, 5) is 43.5. The maximum absolute atomic E-state index is 12.8. The van der Waals surface area contributed by atoms with Crippen molar-refractivity contribution in [3.05, 3.63) is 77.9 Å². The predicted octanol–water partition coefficient (Wildman–Crippen LogP) is 2.70. The number of hydrogen-bond acceptors (Lipinski definition) is 5. The van der Waals surface area contributed by atoms with Crippen LogP contribution in [0.5, 0.6) is 0 Å². The van der Waals surface area contributed by atoms with Crippen LogP contribution in [-0.4, -0.2) is 52.2 Å². The van der Waals surface area contributed by atoms with Gasteiger partial charge in [-0.25, -0.2) is 9.78 Å². The summed E-state index contributed by atoms with van der Waals surface area (Å²) in [7, 11) is 0. The summed E-state index contributed by atoms with van der Waals surface area (Å²) < 4.78 is 5.59. The zero-order chi connectivity index (χ0) is 24.4. The highest BCUT2D eigenvalue weighted by Crippen LogP contribution is 2.44. The first-order valence-electron chi connectivity index (χ1n) is 11.6. The minimum absolute atomic E-state index is 0.0845. The van der Waals surface area contributed by atoms with Crippen molar-refractivity contribution < 1.29 is 24.2 Å². The van der Waals surface area contributed by atoms with Gasteiger partial charge in [-0.2, -0.15) is 0 Å². The number of nitrogens with zero attached hydrogens (tertiary/aromatic N) is 1. The molecule has 2 aliphatic rings. The lowest BCUT2D eigenvalue weighted by Crippen LogP contribution is -2.49. The molecule has 2 aromatic carbocycles. The number of imidazole rings is 1. The lowest BCUT2D eigenvalue weighted by Gasteiger charge is -2.19. The van der Waals surface area contributed by atoms with Gasteiger partial charge in [-0.05, 0) is 34.6 Å². The number of aliphatic carboxylic acids is 1. The molecule has 1 heterocycles. The number of amides is 2. The van der Waals surface area contributed by atoms with Gasteiger partial charge in [0.15, 0.2) is 0 Å². The van der Waals surface area contributed by atoms with Crippen molar-refractivity contribution in [3.8, 4) is 11.1 Å². The van der Waals surface area contributed by atoms with E-state index in [1.54, 1.807) is 6.20 Å². The van der Waals surface area contributed by atoms with Gasteiger partial charge in [-0.1, -0.05) is 48.5 Å². The Morgan fingerprint density at radius 3 is 2.37 bits per heavy atom. The van der Waals surface area contributed by atoms with E-state index in [9.17, 15) is 14.4 Å². The third kappa shape index (κ3) is 4.89. The minimum atomic E-state index is -0.895. The molecule has 0 aliphatic heterocycles. The molecule has 0 saturated heterocycles. The predicted molar refractivity (Wildman–Crippen MR) is 127 cm³/mol. The first-order valence-corrected chi connectivity index (χ1v) is 11.6. The highest BCUT2D eigenvalue weighted by Gasteiger charge is 2.43. The van der Waals surface area contributed by atoms with E-state index in [1.807, 2.05) is 36.4 Å². The molecule has 1 saturated carbocycles. The molecule has 2 aliphatic carbocycles. The zero-order valence-electron chi connectivity index (χ0n) is 18.9. The molecule has 0 spiro atoms. The quantitative estimate of drug-likeness (QED) is 0.377. The molecular formula is C26H26N4O5. The van der Waals surface area contributed by atoms with E-state index >= 15 is 0 Å². The molecule has 3 unspecified atom stereocenters. The van der Waals surface area contributed by atoms with E-state index in [4.69, 9.17) is 9.84 Å². The first kappa shape index (κ1) is 22.6. The summed E-state index contributed by atoms with van der Waals surface area (Å²) >= 11 is 0. The van der Waals surface area contributed by atoms with Crippen LogP contribution in [0.4, 0.5) is 4.79 Å². The summed E-state index contributed by atoms with van der Waals surface area (Å²) in [5, 5.41) is 14.5. The van der Waals surface area contributed by atoms with Crippen molar-refractivity contribution in [2.45, 2.75) is 24.8 Å². The molecule has 0 bridgehead atoms. The summed E-state index contributed by atoms with van der Waals surface area (Å²) in [6, 6.07) is 15.2. The lowest BCUT2D eigenvalue weighted by atomic mass is 9.98. The number of aromatic amines is 1. The van der Waals surface area contributed by atoms with Gasteiger partial charge in [0.05, 0.1) is 12.2 Å². The Labute approximate surface area is 201 Å². The fourth-order valence-corrected chi connectivity index (χ4v) is 4.74. The third-order valence-corrected chi connectivity index (χ3v) is 6.71. The van der Waals surface area contributed by atoms with Crippen molar-refractivity contribution in [1.82, 2.24) is 20.6 Å². The molecule has 180 valence electrons. The van der Waals surface area contributed by atoms with E-state index < -0.39 is 29.9 Å². The second kappa shape index (κ2) is 9.61. The average Bonchev–Trinajstić information content (AvgIpc) is 3.34. The van der Waals surface area contributed by atoms with Crippen LogP contribution in [0.3, 0.4) is 0 Å². The number of aromatic nitrogens is 2. The number of carbonyl (C=O) groups excluding carboxylic acids is 2. The SMILES string of the molecule is O=C(NC(Cc1cnc[nH]1)C(=O)NCC1CC1C(=O)O)OCC1c2ccccc2-c2ccccc21. The molecule has 9 nitrogen and oxygen atoms in total. The van der Waals surface area contributed by atoms with Gasteiger partial charge in [0.2, 0.25) is 5.91 Å². The molecule has 9 heteroatoms. The maximum Gasteiger partial charge on any atom is 0.407 e. The van der Waals surface area contributed by atoms with Crippen LogP contribution in [0, 0.1) is 11.8 Å². The topological polar surface area (TPSA) is 133 Å². The molecule has 4 N–H and O–H groups in total. The number of carboxylic acids is 1. The fourth-order valence-electron chi connectivity index (χ4n) is 4.74. The Bertz CT molecular complexity index is 1200. The monoisotopic (exact) mass is 474 g/mol. The fraction of sp³-hybridized carbons (Fsp3) is 0.308. The number of fused-ring (bicyclic) bond motifs is 3. The Balaban J connectivity index is 1.22. The second-order valence-electron chi connectivity index (χ2n) is 8.99. The Hall–Kier alpha value is -4.14. The summed E-state index contributed by atoms with van der Waals surface area (Å²) in [5.41, 5.74) is 5.15. The number of carboxylic acid groups (broad SMARTS) is 1. The van der Waals surface area contributed by atoms with E-state index in [0.717, 1.165) is 22.3 Å². The molecule has 35 heavy (non-hydrogen) atoms. The Morgan fingerprint density at radius 2 is 1.77 bits per heavy atom. The molecule has 3 aromatic rings. The van der Waals surface area contributed by atoms with E-state index in [0.29, 0.717) is 12.1 Å². The molecular weight excluding hydrogens is 448 g/mol. The van der Waals surface area contributed by atoms with Crippen LogP contribution in [-0.2, 0) is 20.7 Å². The van der Waals surface area contributed by atoms with Crippen LogP contribution in [0.2, 0.25) is 0 Å². The smallest absolute Gasteiger partial charge is 0.407 e. The number of alkyl carbamates (subject to hydrolysis) is 1. The molecule has 1 aromatic heterocycles. The Morgan fingerprint density at radius 1 is 1.09 bits per heavy atom. The summed E-state index contributed by atoms with van der Waals surface area (Å²) in [6.07, 6.45) is 3.13. The van der Waals surface area contributed by atoms with Gasteiger partial charge in [-0.3, -0.25) is 9.59 Å². The zero-order valence-corrected chi connectivity index (χ0v) is 18.9. The third-order valence-electron chi connectivity index (χ3n) is 6.71. The van der Waals surface area contributed by atoms with E-state index in [2.05, 4.69) is 32.7 Å². The summed E-state index contributed by atoms with van der Waals surface area (Å²) in [5.74, 6) is -1.84. The van der Waals surface area contributed by atoms with Crippen molar-refractivity contribution >= 4 is 18.0 Å². The average molecular weight is 475 g/mol. The van der Waals surface area contributed by atoms with Crippen LogP contribution in [0.15, 0.2) is 61.1 Å². The number of ether oxygens (including phenoxy) is 1. The van der Waals surface area contributed by atoms with Crippen molar-refractivity contribution in [2.24, 2.45) is 11.8 Å². The first-order chi connectivity index (χ1) is 17.0. The van der Waals surface area contributed by atoms with Crippen molar-refractivity contribution in [2.75, 3.05) is 13.2 Å². The molecule has 1 fully saturated rings. The number of carbonyl (C=O) groups is 3. The van der Waals surface area contributed by atoms with Gasteiger partial charge in [-0.15, -0.1) is 0 Å².